The molecule has 2 rings (SSSR count). The molecule has 2 aromatic carbocycles. The number of benzene rings is 2. The van der Waals surface area contributed by atoms with Crippen LogP contribution in [0.5, 0.6) is 0 Å². The van der Waals surface area contributed by atoms with Gasteiger partial charge in [-0.3, -0.25) is 0 Å². The van der Waals surface area contributed by atoms with Crippen LogP contribution >= 0.6 is 11.6 Å². The maximum Gasteiger partial charge on any atom is 0.0713 e. The van der Waals surface area contributed by atoms with E-state index in [-0.39, 0.29) is 0 Å². The number of aryl methyl sites for hydroxylation is 1. The Bertz CT molecular complexity index is 537. The van der Waals surface area contributed by atoms with E-state index in [4.69, 9.17) is 16.3 Å². The van der Waals surface area contributed by atoms with Crippen LogP contribution in [0.4, 0.5) is 5.69 Å². The van der Waals surface area contributed by atoms with E-state index in [1.807, 2.05) is 19.1 Å². The van der Waals surface area contributed by atoms with Gasteiger partial charge >= 0.3 is 0 Å². The van der Waals surface area contributed by atoms with Gasteiger partial charge in [-0.1, -0.05) is 41.9 Å². The molecule has 0 saturated carbocycles. The zero-order valence-corrected chi connectivity index (χ0v) is 12.0. The molecule has 1 N–H and O–H groups in total. The zero-order valence-electron chi connectivity index (χ0n) is 11.2. The number of hydrogen-bond donors (Lipinski definition) is 1. The molecule has 0 saturated heterocycles. The Labute approximate surface area is 119 Å². The van der Waals surface area contributed by atoms with Gasteiger partial charge in [-0.05, 0) is 35.7 Å². The van der Waals surface area contributed by atoms with Gasteiger partial charge in [0.15, 0.2) is 0 Å². The number of nitrogens with one attached hydrogen (secondary N) is 1. The number of methoxy groups -OCH3 is 1. The number of halogens is 1. The summed E-state index contributed by atoms with van der Waals surface area (Å²) in [7, 11) is 1.70. The van der Waals surface area contributed by atoms with Crippen LogP contribution in [0.2, 0.25) is 5.02 Å². The van der Waals surface area contributed by atoms with E-state index in [0.717, 1.165) is 17.3 Å². The molecule has 0 fully saturated rings. The van der Waals surface area contributed by atoms with E-state index in [2.05, 4.69) is 35.6 Å². The van der Waals surface area contributed by atoms with Crippen molar-refractivity contribution in [1.82, 2.24) is 0 Å². The van der Waals surface area contributed by atoms with Crippen molar-refractivity contribution in [3.63, 3.8) is 0 Å². The minimum absolute atomic E-state index is 0.650. The minimum atomic E-state index is 0.650. The molecule has 0 spiro atoms. The molecule has 0 radical (unpaired) electrons. The molecule has 2 aromatic rings. The predicted molar refractivity (Wildman–Crippen MR) is 80.7 cm³/mol. The molecule has 0 heterocycles. The fraction of sp³-hybridized carbons (Fsp3) is 0.250. The van der Waals surface area contributed by atoms with Crippen molar-refractivity contribution >= 4 is 17.3 Å². The summed E-state index contributed by atoms with van der Waals surface area (Å²) >= 11 is 6.18. The Morgan fingerprint density at radius 1 is 1.05 bits per heavy atom. The zero-order chi connectivity index (χ0) is 13.7. The molecule has 0 aliphatic rings. The first-order chi connectivity index (χ1) is 9.19. The summed E-state index contributed by atoms with van der Waals surface area (Å²) in [5, 5.41) is 4.10. The minimum Gasteiger partial charge on any atom is -0.380 e. The lowest BCUT2D eigenvalue weighted by Crippen LogP contribution is -2.00. The van der Waals surface area contributed by atoms with E-state index in [1.54, 1.807) is 7.11 Å². The summed E-state index contributed by atoms with van der Waals surface area (Å²) in [6.45, 7) is 3.44. The lowest BCUT2D eigenvalue weighted by atomic mass is 10.1. The second kappa shape index (κ2) is 6.60. The van der Waals surface area contributed by atoms with Gasteiger partial charge in [0, 0.05) is 13.7 Å². The van der Waals surface area contributed by atoms with Gasteiger partial charge in [0.2, 0.25) is 0 Å². The second-order valence-corrected chi connectivity index (χ2v) is 4.99. The van der Waals surface area contributed by atoms with Gasteiger partial charge in [0.1, 0.15) is 0 Å². The first kappa shape index (κ1) is 13.9. The summed E-state index contributed by atoms with van der Waals surface area (Å²) in [5.41, 5.74) is 4.53. The maximum atomic E-state index is 6.18. The lowest BCUT2D eigenvalue weighted by Gasteiger charge is -2.09. The monoisotopic (exact) mass is 275 g/mol. The van der Waals surface area contributed by atoms with Crippen molar-refractivity contribution in [2.45, 2.75) is 20.1 Å². The maximum absolute atomic E-state index is 6.18. The van der Waals surface area contributed by atoms with Crippen molar-refractivity contribution in [3.8, 4) is 0 Å². The van der Waals surface area contributed by atoms with Crippen molar-refractivity contribution in [2.24, 2.45) is 0 Å². The molecule has 2 nitrogen and oxygen atoms in total. The predicted octanol–water partition coefficient (Wildman–Crippen LogP) is 4.41. The Hall–Kier alpha value is -1.51. The highest BCUT2D eigenvalue weighted by molar-refractivity contribution is 6.33. The highest BCUT2D eigenvalue weighted by atomic mass is 35.5. The van der Waals surface area contributed by atoms with Gasteiger partial charge in [-0.25, -0.2) is 0 Å². The van der Waals surface area contributed by atoms with Crippen LogP contribution in [0, 0.1) is 6.92 Å². The summed E-state index contributed by atoms with van der Waals surface area (Å²) in [6.07, 6.45) is 0. The molecule has 19 heavy (non-hydrogen) atoms. The standard InChI is InChI=1S/C16H18ClNO/c1-12-3-8-16(15(17)9-12)18-10-13-4-6-14(7-5-13)11-19-2/h3-9,18H,10-11H2,1-2H3. The largest absolute Gasteiger partial charge is 0.380 e. The number of ether oxygens (including phenoxy) is 1. The van der Waals surface area contributed by atoms with Crippen LogP contribution in [0.25, 0.3) is 0 Å². The summed E-state index contributed by atoms with van der Waals surface area (Å²) < 4.78 is 5.09. The topological polar surface area (TPSA) is 21.3 Å². The highest BCUT2D eigenvalue weighted by Gasteiger charge is 2.00. The van der Waals surface area contributed by atoms with E-state index in [0.29, 0.717) is 6.61 Å². The first-order valence-corrected chi connectivity index (χ1v) is 6.63. The van der Waals surface area contributed by atoms with Crippen molar-refractivity contribution < 1.29 is 4.74 Å². The Morgan fingerprint density at radius 2 is 1.74 bits per heavy atom. The van der Waals surface area contributed by atoms with Crippen molar-refractivity contribution in [2.75, 3.05) is 12.4 Å². The molecule has 0 atom stereocenters. The fourth-order valence-corrected chi connectivity index (χ4v) is 2.18. The van der Waals surface area contributed by atoms with E-state index in [1.165, 1.54) is 16.7 Å². The van der Waals surface area contributed by atoms with E-state index in [9.17, 15) is 0 Å². The molecule has 0 amide bonds. The molecule has 0 aliphatic heterocycles. The van der Waals surface area contributed by atoms with Crippen LogP contribution in [0.15, 0.2) is 42.5 Å². The van der Waals surface area contributed by atoms with Crippen molar-refractivity contribution in [1.29, 1.82) is 0 Å². The molecular weight excluding hydrogens is 258 g/mol. The van der Waals surface area contributed by atoms with Gasteiger partial charge in [-0.15, -0.1) is 0 Å². The van der Waals surface area contributed by atoms with Gasteiger partial charge in [-0.2, -0.15) is 0 Å². The third-order valence-corrected chi connectivity index (χ3v) is 3.25. The van der Waals surface area contributed by atoms with Gasteiger partial charge in [0.05, 0.1) is 17.3 Å². The molecule has 0 aromatic heterocycles. The first-order valence-electron chi connectivity index (χ1n) is 6.26. The molecule has 0 bridgehead atoms. The van der Waals surface area contributed by atoms with Crippen LogP contribution < -0.4 is 5.32 Å². The number of anilines is 1. The quantitative estimate of drug-likeness (QED) is 0.873. The van der Waals surface area contributed by atoms with Crippen LogP contribution in [-0.2, 0) is 17.9 Å². The van der Waals surface area contributed by atoms with Crippen molar-refractivity contribution in [3.05, 3.63) is 64.2 Å². The lowest BCUT2D eigenvalue weighted by molar-refractivity contribution is 0.185. The number of hydrogen-bond acceptors (Lipinski definition) is 2. The summed E-state index contributed by atoms with van der Waals surface area (Å²) in [5.74, 6) is 0. The van der Waals surface area contributed by atoms with Gasteiger partial charge in [0.25, 0.3) is 0 Å². The normalized spacial score (nSPS) is 10.5. The average molecular weight is 276 g/mol. The Balaban J connectivity index is 1.98. The SMILES string of the molecule is COCc1ccc(CNc2ccc(C)cc2Cl)cc1. The molecule has 3 heteroatoms. The average Bonchev–Trinajstić information content (AvgIpc) is 2.40. The highest BCUT2D eigenvalue weighted by Crippen LogP contribution is 2.23. The van der Waals surface area contributed by atoms with Crippen LogP contribution in [-0.4, -0.2) is 7.11 Å². The van der Waals surface area contributed by atoms with E-state index >= 15 is 0 Å². The molecule has 100 valence electrons. The third kappa shape index (κ3) is 3.98. The summed E-state index contributed by atoms with van der Waals surface area (Å²) in [6, 6.07) is 14.4. The van der Waals surface area contributed by atoms with E-state index < -0.39 is 0 Å². The van der Waals surface area contributed by atoms with Crippen LogP contribution in [0.1, 0.15) is 16.7 Å². The number of rotatable bonds is 5. The smallest absolute Gasteiger partial charge is 0.0713 e. The van der Waals surface area contributed by atoms with Gasteiger partial charge < -0.3 is 10.1 Å². The fourth-order valence-electron chi connectivity index (χ4n) is 1.88. The van der Waals surface area contributed by atoms with Crippen LogP contribution in [0.3, 0.4) is 0 Å². The third-order valence-electron chi connectivity index (χ3n) is 2.94. The summed E-state index contributed by atoms with van der Waals surface area (Å²) in [4.78, 5) is 0. The molecule has 0 aliphatic carbocycles. The Morgan fingerprint density at radius 3 is 2.37 bits per heavy atom. The molecular formula is C16H18ClNO. The second-order valence-electron chi connectivity index (χ2n) is 4.59. The molecule has 0 unspecified atom stereocenters. The Kier molecular flexibility index (Phi) is 4.83.